The van der Waals surface area contributed by atoms with Crippen molar-refractivity contribution in [1.29, 1.82) is 0 Å². The molecule has 7 nitrogen and oxygen atoms in total. The monoisotopic (exact) mass is 399 g/mol. The topological polar surface area (TPSA) is 79.0 Å². The number of likely N-dealkylation sites (tertiary alicyclic amines) is 1. The molecule has 2 heterocycles. The van der Waals surface area contributed by atoms with Gasteiger partial charge in [0.25, 0.3) is 5.91 Å². The quantitative estimate of drug-likeness (QED) is 0.844. The number of piperidine rings is 1. The molecule has 1 aliphatic carbocycles. The van der Waals surface area contributed by atoms with E-state index in [4.69, 9.17) is 4.74 Å². The van der Waals surface area contributed by atoms with Crippen LogP contribution >= 0.6 is 0 Å². The summed E-state index contributed by atoms with van der Waals surface area (Å²) in [5, 5.41) is 3.04. The number of carbonyl (C=O) groups is 3. The lowest BCUT2D eigenvalue weighted by Gasteiger charge is -2.45. The van der Waals surface area contributed by atoms with Crippen LogP contribution in [0.4, 0.5) is 4.79 Å². The standard InChI is InChI=1S/C22H29N3O4/c1-15(29-17-7-3-2-4-8-17)20(26)24-13-11-16(12-14-24)25-21(27)18-9-5-6-10-19(18)23-22(25)28/h2-4,7-8,15-16,18-19H,5-6,9-14H2,1H3,(H,23,28). The van der Waals surface area contributed by atoms with Crippen molar-refractivity contribution in [3.8, 4) is 5.75 Å². The number of hydrogen-bond donors (Lipinski definition) is 1. The maximum Gasteiger partial charge on any atom is 0.324 e. The van der Waals surface area contributed by atoms with Crippen LogP contribution in [0.15, 0.2) is 30.3 Å². The summed E-state index contributed by atoms with van der Waals surface area (Å²) in [4.78, 5) is 41.5. The maximum atomic E-state index is 13.0. The average Bonchev–Trinajstić information content (AvgIpc) is 2.74. The Hall–Kier alpha value is -2.57. The van der Waals surface area contributed by atoms with E-state index in [-0.39, 0.29) is 35.8 Å². The van der Waals surface area contributed by atoms with Crippen LogP contribution in [-0.4, -0.2) is 58.9 Å². The third-order valence-electron chi connectivity index (χ3n) is 6.39. The van der Waals surface area contributed by atoms with Gasteiger partial charge < -0.3 is 15.0 Å². The van der Waals surface area contributed by atoms with Crippen molar-refractivity contribution in [3.05, 3.63) is 30.3 Å². The molecule has 0 aromatic heterocycles. The summed E-state index contributed by atoms with van der Waals surface area (Å²) in [6.07, 6.45) is 4.51. The van der Waals surface area contributed by atoms with E-state index in [0.717, 1.165) is 25.7 Å². The first-order valence-electron chi connectivity index (χ1n) is 10.7. The summed E-state index contributed by atoms with van der Waals surface area (Å²) in [5.41, 5.74) is 0. The van der Waals surface area contributed by atoms with E-state index in [1.807, 2.05) is 30.3 Å². The zero-order chi connectivity index (χ0) is 20.4. The molecule has 0 radical (unpaired) electrons. The minimum Gasteiger partial charge on any atom is -0.481 e. The number of nitrogens with zero attached hydrogens (tertiary/aromatic N) is 2. The zero-order valence-corrected chi connectivity index (χ0v) is 16.9. The van der Waals surface area contributed by atoms with Crippen molar-refractivity contribution in [1.82, 2.24) is 15.1 Å². The molecule has 1 N–H and O–H groups in total. The Bertz CT molecular complexity index is 761. The molecule has 1 aromatic rings. The van der Waals surface area contributed by atoms with Gasteiger partial charge in [-0.3, -0.25) is 14.5 Å². The number of imide groups is 1. The van der Waals surface area contributed by atoms with Crippen LogP contribution in [0, 0.1) is 5.92 Å². The fourth-order valence-corrected chi connectivity index (χ4v) is 4.81. The Labute approximate surface area is 171 Å². The first-order chi connectivity index (χ1) is 14.0. The molecule has 3 fully saturated rings. The normalized spacial score (nSPS) is 26.5. The number of hydrogen-bond acceptors (Lipinski definition) is 4. The Morgan fingerprint density at radius 2 is 1.76 bits per heavy atom. The van der Waals surface area contributed by atoms with Crippen LogP contribution in [0.2, 0.25) is 0 Å². The second-order valence-corrected chi connectivity index (χ2v) is 8.28. The molecule has 1 saturated carbocycles. The van der Waals surface area contributed by atoms with Crippen LogP contribution in [0.5, 0.6) is 5.75 Å². The van der Waals surface area contributed by atoms with Gasteiger partial charge in [-0.25, -0.2) is 4.79 Å². The van der Waals surface area contributed by atoms with Crippen molar-refractivity contribution in [2.45, 2.75) is 63.6 Å². The van der Waals surface area contributed by atoms with E-state index in [2.05, 4.69) is 5.32 Å². The van der Waals surface area contributed by atoms with E-state index in [0.29, 0.717) is 31.7 Å². The molecule has 1 aromatic carbocycles. The number of para-hydroxylation sites is 1. The van der Waals surface area contributed by atoms with Crippen LogP contribution in [0.1, 0.15) is 45.4 Å². The lowest BCUT2D eigenvalue weighted by atomic mass is 9.81. The van der Waals surface area contributed by atoms with Gasteiger partial charge in [-0.2, -0.15) is 0 Å². The van der Waals surface area contributed by atoms with Crippen LogP contribution in [0.25, 0.3) is 0 Å². The lowest BCUT2D eigenvalue weighted by molar-refractivity contribution is -0.142. The number of nitrogens with one attached hydrogen (secondary N) is 1. The fourth-order valence-electron chi connectivity index (χ4n) is 4.81. The van der Waals surface area contributed by atoms with Crippen molar-refractivity contribution >= 4 is 17.8 Å². The number of ether oxygens (including phenoxy) is 1. The SMILES string of the molecule is CC(Oc1ccccc1)C(=O)N1CCC(N2C(=O)NC3CCCCC3C2=O)CC1. The van der Waals surface area contributed by atoms with Crippen molar-refractivity contribution in [3.63, 3.8) is 0 Å². The molecule has 7 heteroatoms. The molecule has 4 rings (SSSR count). The van der Waals surface area contributed by atoms with Crippen molar-refractivity contribution in [2.75, 3.05) is 13.1 Å². The molecule has 0 spiro atoms. The summed E-state index contributed by atoms with van der Waals surface area (Å²) in [6.45, 7) is 2.81. The molecular formula is C22H29N3O4. The molecule has 4 amide bonds. The van der Waals surface area contributed by atoms with E-state index in [1.54, 1.807) is 11.8 Å². The van der Waals surface area contributed by atoms with E-state index < -0.39 is 6.10 Å². The summed E-state index contributed by atoms with van der Waals surface area (Å²) in [7, 11) is 0. The molecule has 3 unspecified atom stereocenters. The van der Waals surface area contributed by atoms with Gasteiger partial charge in [0, 0.05) is 25.2 Å². The van der Waals surface area contributed by atoms with Crippen molar-refractivity contribution in [2.24, 2.45) is 5.92 Å². The summed E-state index contributed by atoms with van der Waals surface area (Å²) in [5.74, 6) is 0.499. The summed E-state index contributed by atoms with van der Waals surface area (Å²) in [6, 6.07) is 8.90. The Kier molecular flexibility index (Phi) is 5.74. The zero-order valence-electron chi connectivity index (χ0n) is 16.9. The number of urea groups is 1. The largest absolute Gasteiger partial charge is 0.481 e. The average molecular weight is 399 g/mol. The number of fused-ring (bicyclic) bond motifs is 1. The van der Waals surface area contributed by atoms with E-state index in [1.165, 1.54) is 4.90 Å². The van der Waals surface area contributed by atoms with E-state index >= 15 is 0 Å². The van der Waals surface area contributed by atoms with E-state index in [9.17, 15) is 14.4 Å². The molecule has 3 atom stereocenters. The Morgan fingerprint density at radius 3 is 2.48 bits per heavy atom. The third-order valence-corrected chi connectivity index (χ3v) is 6.39. The predicted octanol–water partition coefficient (Wildman–Crippen LogP) is 2.56. The van der Waals surface area contributed by atoms with Gasteiger partial charge in [-0.15, -0.1) is 0 Å². The maximum absolute atomic E-state index is 13.0. The van der Waals surface area contributed by atoms with Gasteiger partial charge in [-0.1, -0.05) is 31.0 Å². The second-order valence-electron chi connectivity index (χ2n) is 8.28. The van der Waals surface area contributed by atoms with Gasteiger partial charge in [-0.05, 0) is 44.7 Å². The van der Waals surface area contributed by atoms with Gasteiger partial charge in [0.1, 0.15) is 5.75 Å². The summed E-state index contributed by atoms with van der Waals surface area (Å²) < 4.78 is 5.75. The third kappa shape index (κ3) is 4.09. The fraction of sp³-hybridized carbons (Fsp3) is 0.591. The highest BCUT2D eigenvalue weighted by Gasteiger charge is 2.45. The molecule has 2 aliphatic heterocycles. The first kappa shape index (κ1) is 19.7. The van der Waals surface area contributed by atoms with Crippen LogP contribution in [0.3, 0.4) is 0 Å². The molecule has 156 valence electrons. The highest BCUT2D eigenvalue weighted by molar-refractivity contribution is 5.99. The Balaban J connectivity index is 1.33. The van der Waals surface area contributed by atoms with Crippen molar-refractivity contribution < 1.29 is 19.1 Å². The molecule has 2 saturated heterocycles. The molecule has 29 heavy (non-hydrogen) atoms. The highest BCUT2D eigenvalue weighted by atomic mass is 16.5. The molecule has 3 aliphatic rings. The number of rotatable bonds is 4. The summed E-state index contributed by atoms with van der Waals surface area (Å²) >= 11 is 0. The number of benzene rings is 1. The first-order valence-corrected chi connectivity index (χ1v) is 10.7. The molecule has 0 bridgehead atoms. The van der Waals surface area contributed by atoms with Gasteiger partial charge in [0.15, 0.2) is 6.10 Å². The highest BCUT2D eigenvalue weighted by Crippen LogP contribution is 2.32. The van der Waals surface area contributed by atoms with Crippen LogP contribution < -0.4 is 10.1 Å². The van der Waals surface area contributed by atoms with Gasteiger partial charge in [0.05, 0.1) is 5.92 Å². The van der Waals surface area contributed by atoms with Crippen LogP contribution in [-0.2, 0) is 9.59 Å². The second kappa shape index (κ2) is 8.43. The minimum atomic E-state index is -0.572. The minimum absolute atomic E-state index is 0.00217. The molecular weight excluding hydrogens is 370 g/mol. The number of amides is 4. The smallest absolute Gasteiger partial charge is 0.324 e. The Morgan fingerprint density at radius 1 is 1.07 bits per heavy atom. The predicted molar refractivity (Wildman–Crippen MR) is 107 cm³/mol. The van der Waals surface area contributed by atoms with Gasteiger partial charge in [0.2, 0.25) is 5.91 Å². The number of carbonyl (C=O) groups excluding carboxylic acids is 3. The lowest BCUT2D eigenvalue weighted by Crippen LogP contribution is -2.64. The van der Waals surface area contributed by atoms with Gasteiger partial charge >= 0.3 is 6.03 Å².